The number of likely N-dealkylation sites (tertiary alicyclic amines) is 1. The van der Waals surface area contributed by atoms with Crippen molar-refractivity contribution in [2.24, 2.45) is 0 Å². The molecular formula is C20H18Cl2N4O2. The second-order valence-corrected chi connectivity index (χ2v) is 7.59. The number of carbonyl (C=O) groups is 1. The number of nitrogens with zero attached hydrogens (tertiary/aromatic N) is 3. The lowest BCUT2D eigenvalue weighted by atomic mass is 9.95. The van der Waals surface area contributed by atoms with E-state index in [1.165, 1.54) is 0 Å². The lowest BCUT2D eigenvalue weighted by molar-refractivity contribution is 0.0711. The average Bonchev–Trinajstić information content (AvgIpc) is 3.10. The molecule has 28 heavy (non-hydrogen) atoms. The van der Waals surface area contributed by atoms with E-state index in [-0.39, 0.29) is 17.5 Å². The first-order valence-electron chi connectivity index (χ1n) is 9.01. The molecule has 6 nitrogen and oxygen atoms in total. The summed E-state index contributed by atoms with van der Waals surface area (Å²) in [5.74, 6) is 0.680. The minimum absolute atomic E-state index is 0.0869. The Kier molecular flexibility index (Phi) is 5.24. The molecule has 0 bridgehead atoms. The SMILES string of the molecule is O=C(c1ccc(Cl)cc1Cl)N1CCC(c2n[nH]c(=O)n2-c2ccccc2)CC1. The number of carbonyl (C=O) groups excluding carboxylic acids is 1. The van der Waals surface area contributed by atoms with Crippen molar-refractivity contribution in [1.82, 2.24) is 19.7 Å². The first-order valence-corrected chi connectivity index (χ1v) is 9.77. The van der Waals surface area contributed by atoms with Crippen molar-refractivity contribution < 1.29 is 4.79 Å². The summed E-state index contributed by atoms with van der Waals surface area (Å²) < 4.78 is 1.61. The van der Waals surface area contributed by atoms with E-state index >= 15 is 0 Å². The van der Waals surface area contributed by atoms with Gasteiger partial charge in [0.15, 0.2) is 0 Å². The van der Waals surface area contributed by atoms with Crippen LogP contribution in [0.3, 0.4) is 0 Å². The van der Waals surface area contributed by atoms with Gasteiger partial charge in [-0.3, -0.25) is 4.79 Å². The van der Waals surface area contributed by atoms with Gasteiger partial charge in [0.05, 0.1) is 16.3 Å². The van der Waals surface area contributed by atoms with Gasteiger partial charge in [-0.15, -0.1) is 0 Å². The summed E-state index contributed by atoms with van der Waals surface area (Å²) in [4.78, 5) is 26.8. The highest BCUT2D eigenvalue weighted by atomic mass is 35.5. The third-order valence-corrected chi connectivity index (χ3v) is 5.57. The van der Waals surface area contributed by atoms with Crippen LogP contribution in [0, 0.1) is 0 Å². The molecule has 0 atom stereocenters. The Morgan fingerprint density at radius 3 is 2.46 bits per heavy atom. The molecule has 0 radical (unpaired) electrons. The predicted octanol–water partition coefficient (Wildman–Crippen LogP) is 3.89. The molecule has 1 aromatic heterocycles. The Hall–Kier alpha value is -2.57. The van der Waals surface area contributed by atoms with E-state index in [4.69, 9.17) is 23.2 Å². The fraction of sp³-hybridized carbons (Fsp3) is 0.250. The highest BCUT2D eigenvalue weighted by molar-refractivity contribution is 6.36. The third-order valence-electron chi connectivity index (χ3n) is 5.02. The average molecular weight is 417 g/mol. The quantitative estimate of drug-likeness (QED) is 0.703. The lowest BCUT2D eigenvalue weighted by Gasteiger charge is -2.31. The van der Waals surface area contributed by atoms with Crippen LogP contribution in [0.4, 0.5) is 0 Å². The van der Waals surface area contributed by atoms with E-state index in [9.17, 15) is 9.59 Å². The van der Waals surface area contributed by atoms with Gasteiger partial charge >= 0.3 is 5.69 Å². The maximum Gasteiger partial charge on any atom is 0.347 e. The number of amides is 1. The Morgan fingerprint density at radius 2 is 1.79 bits per heavy atom. The molecule has 3 aromatic rings. The molecule has 1 amide bonds. The van der Waals surface area contributed by atoms with E-state index in [0.29, 0.717) is 47.4 Å². The molecule has 8 heteroatoms. The minimum atomic E-state index is -0.257. The molecule has 2 aromatic carbocycles. The largest absolute Gasteiger partial charge is 0.347 e. The monoisotopic (exact) mass is 416 g/mol. The van der Waals surface area contributed by atoms with Gasteiger partial charge in [0.1, 0.15) is 5.82 Å². The molecule has 0 saturated carbocycles. The number of aromatic amines is 1. The van der Waals surface area contributed by atoms with E-state index in [1.54, 1.807) is 27.7 Å². The van der Waals surface area contributed by atoms with Crippen LogP contribution in [-0.2, 0) is 0 Å². The van der Waals surface area contributed by atoms with Gasteiger partial charge in [-0.2, -0.15) is 5.10 Å². The molecule has 1 N–H and O–H groups in total. The zero-order valence-electron chi connectivity index (χ0n) is 14.9. The number of rotatable bonds is 3. The lowest BCUT2D eigenvalue weighted by Crippen LogP contribution is -2.38. The van der Waals surface area contributed by atoms with Gasteiger partial charge in [-0.1, -0.05) is 41.4 Å². The highest BCUT2D eigenvalue weighted by Crippen LogP contribution is 2.29. The van der Waals surface area contributed by atoms with Crippen LogP contribution < -0.4 is 5.69 Å². The van der Waals surface area contributed by atoms with Gasteiger partial charge < -0.3 is 4.90 Å². The van der Waals surface area contributed by atoms with Crippen molar-refractivity contribution in [3.05, 3.63) is 80.4 Å². The van der Waals surface area contributed by atoms with Gasteiger partial charge in [-0.05, 0) is 43.2 Å². The minimum Gasteiger partial charge on any atom is -0.339 e. The molecule has 144 valence electrons. The molecule has 2 heterocycles. The summed E-state index contributed by atoms with van der Waals surface area (Å²) in [7, 11) is 0. The Labute approximate surface area is 171 Å². The zero-order chi connectivity index (χ0) is 19.7. The topological polar surface area (TPSA) is 71.0 Å². The van der Waals surface area contributed by atoms with Crippen LogP contribution in [0.5, 0.6) is 0 Å². The second-order valence-electron chi connectivity index (χ2n) is 6.75. The standard InChI is InChI=1S/C20H18Cl2N4O2/c21-14-6-7-16(17(22)12-14)19(27)25-10-8-13(9-11-25)18-23-24-20(28)26(18)15-4-2-1-3-5-15/h1-7,12-13H,8-11H2,(H,24,28). The number of piperidine rings is 1. The summed E-state index contributed by atoms with van der Waals surface area (Å²) in [6.07, 6.45) is 1.43. The number of H-pyrrole nitrogens is 1. The van der Waals surface area contributed by atoms with E-state index < -0.39 is 0 Å². The van der Waals surface area contributed by atoms with Crippen LogP contribution in [0.2, 0.25) is 10.0 Å². The van der Waals surface area contributed by atoms with Gasteiger partial charge in [0.2, 0.25) is 0 Å². The summed E-state index contributed by atoms with van der Waals surface area (Å²) in [5, 5.41) is 7.66. The molecule has 1 fully saturated rings. The highest BCUT2D eigenvalue weighted by Gasteiger charge is 2.29. The second kappa shape index (κ2) is 7.81. The van der Waals surface area contributed by atoms with Crippen LogP contribution >= 0.6 is 23.2 Å². The first kappa shape index (κ1) is 18.8. The Bertz CT molecular complexity index is 1050. The summed E-state index contributed by atoms with van der Waals surface area (Å²) in [6.45, 7) is 1.14. The Morgan fingerprint density at radius 1 is 1.07 bits per heavy atom. The number of para-hydroxylation sites is 1. The number of halogens is 2. The number of nitrogens with one attached hydrogen (secondary N) is 1. The smallest absolute Gasteiger partial charge is 0.339 e. The molecule has 1 saturated heterocycles. The molecule has 1 aliphatic heterocycles. The molecule has 0 spiro atoms. The number of aromatic nitrogens is 3. The third kappa shape index (κ3) is 3.57. The van der Waals surface area contributed by atoms with Crippen molar-refractivity contribution >= 4 is 29.1 Å². The van der Waals surface area contributed by atoms with Gasteiger partial charge in [-0.25, -0.2) is 14.5 Å². The summed E-state index contributed by atoms with van der Waals surface area (Å²) >= 11 is 12.1. The van der Waals surface area contributed by atoms with Gasteiger partial charge in [0.25, 0.3) is 5.91 Å². The first-order chi connectivity index (χ1) is 13.5. The normalized spacial score (nSPS) is 15.0. The molecule has 1 aliphatic rings. The molecular weight excluding hydrogens is 399 g/mol. The molecule has 4 rings (SSSR count). The van der Waals surface area contributed by atoms with Crippen molar-refractivity contribution in [3.8, 4) is 5.69 Å². The van der Waals surface area contributed by atoms with Gasteiger partial charge in [0, 0.05) is 24.0 Å². The number of benzene rings is 2. The van der Waals surface area contributed by atoms with E-state index in [2.05, 4.69) is 10.2 Å². The number of hydrogen-bond donors (Lipinski definition) is 1. The van der Waals surface area contributed by atoms with Crippen LogP contribution in [-0.4, -0.2) is 38.7 Å². The van der Waals surface area contributed by atoms with Crippen molar-refractivity contribution in [2.75, 3.05) is 13.1 Å². The maximum absolute atomic E-state index is 12.8. The van der Waals surface area contributed by atoms with E-state index in [1.807, 2.05) is 30.3 Å². The summed E-state index contributed by atoms with van der Waals surface area (Å²) in [5.41, 5.74) is 0.973. The fourth-order valence-electron chi connectivity index (χ4n) is 3.58. The van der Waals surface area contributed by atoms with Crippen LogP contribution in [0.15, 0.2) is 53.3 Å². The fourth-order valence-corrected chi connectivity index (χ4v) is 4.07. The van der Waals surface area contributed by atoms with Crippen molar-refractivity contribution in [3.63, 3.8) is 0 Å². The van der Waals surface area contributed by atoms with Crippen LogP contribution in [0.25, 0.3) is 5.69 Å². The van der Waals surface area contributed by atoms with Crippen molar-refractivity contribution in [1.29, 1.82) is 0 Å². The molecule has 0 unspecified atom stereocenters. The Balaban J connectivity index is 1.51. The number of hydrogen-bond acceptors (Lipinski definition) is 3. The maximum atomic E-state index is 12.8. The zero-order valence-corrected chi connectivity index (χ0v) is 16.5. The summed E-state index contributed by atoms with van der Waals surface area (Å²) in [6, 6.07) is 14.3. The van der Waals surface area contributed by atoms with Crippen LogP contribution in [0.1, 0.15) is 34.9 Å². The van der Waals surface area contributed by atoms with Crippen molar-refractivity contribution in [2.45, 2.75) is 18.8 Å². The van der Waals surface area contributed by atoms with E-state index in [0.717, 1.165) is 5.69 Å². The predicted molar refractivity (Wildman–Crippen MR) is 109 cm³/mol. The molecule has 0 aliphatic carbocycles.